The first-order valence-corrected chi connectivity index (χ1v) is 9.54. The number of fused-ring (bicyclic) bond motifs is 1. The van der Waals surface area contributed by atoms with Crippen LogP contribution >= 0.6 is 0 Å². The van der Waals surface area contributed by atoms with Crippen molar-refractivity contribution in [2.45, 2.75) is 19.8 Å². The lowest BCUT2D eigenvalue weighted by Crippen LogP contribution is -2.27. The van der Waals surface area contributed by atoms with E-state index in [0.717, 1.165) is 12.1 Å². The van der Waals surface area contributed by atoms with Crippen LogP contribution in [0, 0.1) is 5.92 Å². The summed E-state index contributed by atoms with van der Waals surface area (Å²) >= 11 is 0. The van der Waals surface area contributed by atoms with Gasteiger partial charge in [-0.25, -0.2) is 0 Å². The predicted octanol–water partition coefficient (Wildman–Crippen LogP) is 2.76. The first-order chi connectivity index (χ1) is 14.0. The number of hydrogen-bond donors (Lipinski definition) is 0. The average Bonchev–Trinajstić information content (AvgIpc) is 3.37. The van der Waals surface area contributed by atoms with Crippen molar-refractivity contribution in [2.75, 3.05) is 24.8 Å². The number of aryl methyl sites for hydroxylation is 1. The van der Waals surface area contributed by atoms with Crippen molar-refractivity contribution in [3.63, 3.8) is 0 Å². The van der Waals surface area contributed by atoms with Gasteiger partial charge in [-0.15, -0.1) is 0 Å². The Morgan fingerprint density at radius 1 is 1.10 bits per heavy atom. The van der Waals surface area contributed by atoms with E-state index in [2.05, 4.69) is 6.92 Å². The highest BCUT2D eigenvalue weighted by Crippen LogP contribution is 2.32. The molecule has 0 bridgehead atoms. The van der Waals surface area contributed by atoms with Crippen molar-refractivity contribution in [3.8, 4) is 11.5 Å². The van der Waals surface area contributed by atoms with Gasteiger partial charge >= 0.3 is 5.97 Å². The highest BCUT2D eigenvalue weighted by atomic mass is 16.7. The van der Waals surface area contributed by atoms with Crippen LogP contribution in [0.25, 0.3) is 0 Å². The third-order valence-electron chi connectivity index (χ3n) is 5.15. The van der Waals surface area contributed by atoms with Crippen molar-refractivity contribution in [1.29, 1.82) is 0 Å². The Kier molecular flexibility index (Phi) is 5.20. The number of ketones is 1. The number of anilines is 1. The fourth-order valence-electron chi connectivity index (χ4n) is 3.43. The number of amides is 1. The minimum atomic E-state index is -0.585. The van der Waals surface area contributed by atoms with Crippen molar-refractivity contribution in [3.05, 3.63) is 53.6 Å². The van der Waals surface area contributed by atoms with Gasteiger partial charge in [-0.05, 0) is 42.3 Å². The number of ether oxygens (including phenoxy) is 3. The minimum absolute atomic E-state index is 0.0760. The van der Waals surface area contributed by atoms with Gasteiger partial charge in [-0.2, -0.15) is 0 Å². The summed E-state index contributed by atoms with van der Waals surface area (Å²) in [5.41, 5.74) is 2.32. The van der Waals surface area contributed by atoms with E-state index in [1.54, 1.807) is 23.1 Å². The van der Waals surface area contributed by atoms with Crippen LogP contribution in [0.2, 0.25) is 0 Å². The van der Waals surface area contributed by atoms with Gasteiger partial charge in [0.25, 0.3) is 0 Å². The monoisotopic (exact) mass is 395 g/mol. The molecule has 1 amide bonds. The first kappa shape index (κ1) is 19.0. The van der Waals surface area contributed by atoms with Gasteiger partial charge in [-0.3, -0.25) is 14.4 Å². The largest absolute Gasteiger partial charge is 0.457 e. The van der Waals surface area contributed by atoms with Crippen LogP contribution in [-0.4, -0.2) is 37.6 Å². The average molecular weight is 395 g/mol. The Morgan fingerprint density at radius 2 is 1.86 bits per heavy atom. The molecule has 0 aliphatic carbocycles. The quantitative estimate of drug-likeness (QED) is 0.553. The van der Waals surface area contributed by atoms with E-state index in [1.807, 2.05) is 24.3 Å². The zero-order valence-electron chi connectivity index (χ0n) is 16.1. The molecule has 1 atom stereocenters. The number of rotatable bonds is 6. The maximum absolute atomic E-state index is 12.4. The van der Waals surface area contributed by atoms with Crippen molar-refractivity contribution < 1.29 is 28.6 Å². The molecular weight excluding hydrogens is 374 g/mol. The molecule has 1 fully saturated rings. The predicted molar refractivity (Wildman–Crippen MR) is 104 cm³/mol. The summed E-state index contributed by atoms with van der Waals surface area (Å²) < 4.78 is 15.7. The molecule has 0 aromatic heterocycles. The molecule has 0 unspecified atom stereocenters. The molecule has 7 nitrogen and oxygen atoms in total. The number of benzene rings is 2. The Labute approximate surface area is 168 Å². The standard InChI is InChI=1S/C22H21NO6/c1-2-14-3-6-17(7-4-14)23-11-16(10-21(23)25)22(26)27-12-18(24)15-5-8-19-20(9-15)29-13-28-19/h3-9,16H,2,10-13H2,1H3/t16-/m1/s1. The summed E-state index contributed by atoms with van der Waals surface area (Å²) in [4.78, 5) is 38.6. The molecular formula is C22H21NO6. The molecule has 0 N–H and O–H groups in total. The second-order valence-electron chi connectivity index (χ2n) is 7.02. The summed E-state index contributed by atoms with van der Waals surface area (Å²) in [6, 6.07) is 12.5. The summed E-state index contributed by atoms with van der Waals surface area (Å²) in [5.74, 6) is -0.521. The topological polar surface area (TPSA) is 82.1 Å². The van der Waals surface area contributed by atoms with E-state index in [1.165, 1.54) is 5.56 Å². The number of hydrogen-bond acceptors (Lipinski definition) is 6. The number of Topliss-reactive ketones (excluding diaryl/α,β-unsaturated/α-hetero) is 1. The Bertz CT molecular complexity index is 952. The lowest BCUT2D eigenvalue weighted by molar-refractivity contribution is -0.147. The Balaban J connectivity index is 1.34. The third-order valence-corrected chi connectivity index (χ3v) is 5.15. The molecule has 2 heterocycles. The van der Waals surface area contributed by atoms with Gasteiger partial charge in [0.05, 0.1) is 5.92 Å². The van der Waals surface area contributed by atoms with E-state index in [9.17, 15) is 14.4 Å². The molecule has 2 aromatic carbocycles. The zero-order chi connectivity index (χ0) is 20.4. The molecule has 29 heavy (non-hydrogen) atoms. The van der Waals surface area contributed by atoms with Crippen molar-refractivity contribution in [2.24, 2.45) is 5.92 Å². The minimum Gasteiger partial charge on any atom is -0.457 e. The summed E-state index contributed by atoms with van der Waals surface area (Å²) in [7, 11) is 0. The number of carbonyl (C=O) groups is 3. The Hall–Kier alpha value is -3.35. The molecule has 150 valence electrons. The maximum Gasteiger partial charge on any atom is 0.311 e. The highest BCUT2D eigenvalue weighted by Gasteiger charge is 2.36. The van der Waals surface area contributed by atoms with Gasteiger partial charge in [0.15, 0.2) is 23.9 Å². The summed E-state index contributed by atoms with van der Waals surface area (Å²) in [6.07, 6.45) is 0.993. The zero-order valence-corrected chi connectivity index (χ0v) is 16.1. The smallest absolute Gasteiger partial charge is 0.311 e. The summed E-state index contributed by atoms with van der Waals surface area (Å²) in [6.45, 7) is 2.05. The first-order valence-electron chi connectivity index (χ1n) is 9.54. The van der Waals surface area contributed by atoms with Gasteiger partial charge in [0, 0.05) is 24.2 Å². The summed E-state index contributed by atoms with van der Waals surface area (Å²) in [5, 5.41) is 0. The molecule has 0 saturated carbocycles. The van der Waals surface area contributed by atoms with Gasteiger partial charge < -0.3 is 19.1 Å². The maximum atomic E-state index is 12.4. The van der Waals surface area contributed by atoms with Crippen molar-refractivity contribution in [1.82, 2.24) is 0 Å². The number of carbonyl (C=O) groups excluding carboxylic acids is 3. The SMILES string of the molecule is CCc1ccc(N2C[C@H](C(=O)OCC(=O)c3ccc4c(c3)OCO4)CC2=O)cc1. The van der Waals surface area contributed by atoms with E-state index >= 15 is 0 Å². The fourth-order valence-corrected chi connectivity index (χ4v) is 3.43. The van der Waals surface area contributed by atoms with Crippen LogP contribution < -0.4 is 14.4 Å². The van der Waals surface area contributed by atoms with Crippen LogP contribution in [0.3, 0.4) is 0 Å². The van der Waals surface area contributed by atoms with Gasteiger partial charge in [-0.1, -0.05) is 19.1 Å². The highest BCUT2D eigenvalue weighted by molar-refractivity contribution is 6.01. The van der Waals surface area contributed by atoms with E-state index < -0.39 is 11.9 Å². The number of nitrogens with zero attached hydrogens (tertiary/aromatic N) is 1. The van der Waals surface area contributed by atoms with Crippen LogP contribution in [0.1, 0.15) is 29.3 Å². The van der Waals surface area contributed by atoms with Gasteiger partial charge in [0.2, 0.25) is 12.7 Å². The molecule has 0 spiro atoms. The number of esters is 1. The lowest BCUT2D eigenvalue weighted by atomic mass is 10.1. The molecule has 4 rings (SSSR count). The van der Waals surface area contributed by atoms with Crippen molar-refractivity contribution >= 4 is 23.3 Å². The van der Waals surface area contributed by atoms with Crippen LogP contribution in [0.15, 0.2) is 42.5 Å². The second-order valence-corrected chi connectivity index (χ2v) is 7.02. The second kappa shape index (κ2) is 7.95. The van der Waals surface area contributed by atoms with Gasteiger partial charge in [0.1, 0.15) is 0 Å². The van der Waals surface area contributed by atoms with Crippen LogP contribution in [0.5, 0.6) is 11.5 Å². The van der Waals surface area contributed by atoms with E-state index in [0.29, 0.717) is 17.1 Å². The third kappa shape index (κ3) is 3.94. The van der Waals surface area contributed by atoms with Crippen LogP contribution in [0.4, 0.5) is 5.69 Å². The Morgan fingerprint density at radius 3 is 2.62 bits per heavy atom. The normalized spacial score (nSPS) is 17.5. The molecule has 2 aliphatic rings. The lowest BCUT2D eigenvalue weighted by Gasteiger charge is -2.17. The van der Waals surface area contributed by atoms with E-state index in [-0.39, 0.29) is 38.1 Å². The molecule has 1 saturated heterocycles. The molecule has 2 aliphatic heterocycles. The molecule has 2 aromatic rings. The molecule has 7 heteroatoms. The molecule has 0 radical (unpaired) electrons. The van der Waals surface area contributed by atoms with Crippen LogP contribution in [-0.2, 0) is 20.7 Å². The van der Waals surface area contributed by atoms with E-state index in [4.69, 9.17) is 14.2 Å². The fraction of sp³-hybridized carbons (Fsp3) is 0.318.